The zero-order valence-electron chi connectivity index (χ0n) is 16.2. The van der Waals surface area contributed by atoms with Crippen LogP contribution in [0.15, 0.2) is 54.6 Å². The van der Waals surface area contributed by atoms with Gasteiger partial charge in [-0.1, -0.05) is 54.6 Å². The molecular formula is C21H26N2O4S. The minimum Gasteiger partial charge on any atom is -0.450 e. The van der Waals surface area contributed by atoms with E-state index in [4.69, 9.17) is 4.74 Å². The molecule has 7 heteroatoms. The van der Waals surface area contributed by atoms with E-state index in [1.807, 2.05) is 48.5 Å². The molecule has 1 aliphatic heterocycles. The number of ether oxygens (including phenoxy) is 1. The van der Waals surface area contributed by atoms with E-state index < -0.39 is 16.1 Å². The molecule has 0 radical (unpaired) electrons. The number of likely N-dealkylation sites (tertiary alicyclic amines) is 1. The van der Waals surface area contributed by atoms with Gasteiger partial charge in [-0.3, -0.25) is 0 Å². The van der Waals surface area contributed by atoms with Crippen molar-refractivity contribution in [2.75, 3.05) is 19.4 Å². The summed E-state index contributed by atoms with van der Waals surface area (Å²) in [7, 11) is -3.37. The molecule has 0 aromatic heterocycles. The highest BCUT2D eigenvalue weighted by Crippen LogP contribution is 2.26. The summed E-state index contributed by atoms with van der Waals surface area (Å²) >= 11 is 0. The number of carbonyl (C=O) groups excluding carboxylic acids is 1. The summed E-state index contributed by atoms with van der Waals surface area (Å²) in [4.78, 5) is 14.0. The van der Waals surface area contributed by atoms with E-state index in [9.17, 15) is 13.2 Å². The number of hydrogen-bond acceptors (Lipinski definition) is 4. The lowest BCUT2D eigenvalue weighted by molar-refractivity contribution is 0.101. The number of amides is 1. The van der Waals surface area contributed by atoms with Crippen molar-refractivity contribution in [3.8, 4) is 11.1 Å². The fourth-order valence-corrected chi connectivity index (χ4v) is 4.53. The molecule has 0 spiro atoms. The Morgan fingerprint density at radius 2 is 1.86 bits per heavy atom. The van der Waals surface area contributed by atoms with Gasteiger partial charge in [-0.2, -0.15) is 0 Å². The van der Waals surface area contributed by atoms with Crippen LogP contribution in [0.3, 0.4) is 0 Å². The molecule has 0 bridgehead atoms. The van der Waals surface area contributed by atoms with Crippen molar-refractivity contribution in [3.63, 3.8) is 0 Å². The van der Waals surface area contributed by atoms with Gasteiger partial charge >= 0.3 is 6.09 Å². The summed E-state index contributed by atoms with van der Waals surface area (Å²) in [5, 5.41) is 0. The first-order valence-corrected chi connectivity index (χ1v) is 11.3. The maximum absolute atomic E-state index is 12.4. The van der Waals surface area contributed by atoms with Crippen LogP contribution in [0.4, 0.5) is 4.79 Å². The van der Waals surface area contributed by atoms with E-state index >= 15 is 0 Å². The van der Waals surface area contributed by atoms with E-state index in [-0.39, 0.29) is 18.7 Å². The first-order chi connectivity index (χ1) is 13.4. The van der Waals surface area contributed by atoms with E-state index in [0.29, 0.717) is 19.4 Å². The van der Waals surface area contributed by atoms with Gasteiger partial charge in [-0.25, -0.2) is 17.9 Å². The molecule has 1 N–H and O–H groups in total. The van der Waals surface area contributed by atoms with Crippen molar-refractivity contribution in [2.24, 2.45) is 0 Å². The van der Waals surface area contributed by atoms with Gasteiger partial charge in [0.05, 0.1) is 18.9 Å². The predicted molar refractivity (Wildman–Crippen MR) is 109 cm³/mol. The van der Waals surface area contributed by atoms with Crippen molar-refractivity contribution in [1.29, 1.82) is 0 Å². The Kier molecular flexibility index (Phi) is 6.36. The lowest BCUT2D eigenvalue weighted by atomic mass is 9.97. The molecule has 6 nitrogen and oxygen atoms in total. The van der Waals surface area contributed by atoms with Crippen molar-refractivity contribution >= 4 is 16.1 Å². The molecule has 150 valence electrons. The van der Waals surface area contributed by atoms with Crippen molar-refractivity contribution < 1.29 is 17.9 Å². The topological polar surface area (TPSA) is 75.7 Å². The Labute approximate surface area is 166 Å². The van der Waals surface area contributed by atoms with Gasteiger partial charge in [0.25, 0.3) is 0 Å². The first kappa shape index (κ1) is 20.4. The number of sulfonamides is 1. The predicted octanol–water partition coefficient (Wildman–Crippen LogP) is 3.04. The van der Waals surface area contributed by atoms with Crippen LogP contribution in [0, 0.1) is 0 Å². The standard InChI is InChI=1S/C21H26N2O4S/c1-3-27-21(24)23-13-12-19(22-28(2,25)26)20(23)15-16-8-7-11-18(14-16)17-9-5-4-6-10-17/h4-11,14,19-20,22H,3,12-13,15H2,1-2H3. The minimum absolute atomic E-state index is 0.287. The van der Waals surface area contributed by atoms with Gasteiger partial charge in [0, 0.05) is 12.6 Å². The molecule has 28 heavy (non-hydrogen) atoms. The number of nitrogens with one attached hydrogen (secondary N) is 1. The van der Waals surface area contributed by atoms with E-state index in [2.05, 4.69) is 10.8 Å². The molecule has 2 aromatic carbocycles. The molecule has 2 atom stereocenters. The molecule has 2 aromatic rings. The highest BCUT2D eigenvalue weighted by molar-refractivity contribution is 7.88. The number of carbonyl (C=O) groups is 1. The monoisotopic (exact) mass is 402 g/mol. The maximum Gasteiger partial charge on any atom is 0.410 e. The molecule has 2 unspecified atom stereocenters. The quantitative estimate of drug-likeness (QED) is 0.806. The molecule has 1 fully saturated rings. The van der Waals surface area contributed by atoms with Gasteiger partial charge < -0.3 is 9.64 Å². The minimum atomic E-state index is -3.37. The summed E-state index contributed by atoms with van der Waals surface area (Å²) in [5.41, 5.74) is 3.25. The summed E-state index contributed by atoms with van der Waals surface area (Å²) in [6.45, 7) is 2.52. The first-order valence-electron chi connectivity index (χ1n) is 9.42. The second kappa shape index (κ2) is 8.75. The smallest absolute Gasteiger partial charge is 0.410 e. The fraction of sp³-hybridized carbons (Fsp3) is 0.381. The van der Waals surface area contributed by atoms with Crippen LogP contribution in [-0.2, 0) is 21.2 Å². The summed E-state index contributed by atoms with van der Waals surface area (Å²) in [6.07, 6.45) is 1.86. The van der Waals surface area contributed by atoms with Gasteiger partial charge in [-0.05, 0) is 36.5 Å². The van der Waals surface area contributed by atoms with Crippen LogP contribution < -0.4 is 4.72 Å². The summed E-state index contributed by atoms with van der Waals surface area (Å²) < 4.78 is 31.4. The molecule has 1 aliphatic rings. The molecule has 1 heterocycles. The summed E-state index contributed by atoms with van der Waals surface area (Å²) in [6, 6.07) is 17.6. The molecule has 0 aliphatic carbocycles. The van der Waals surface area contributed by atoms with Gasteiger partial charge in [0.1, 0.15) is 0 Å². The zero-order chi connectivity index (χ0) is 20.1. The van der Waals surface area contributed by atoms with Gasteiger partial charge in [0.15, 0.2) is 0 Å². The Bertz CT molecular complexity index is 915. The highest BCUT2D eigenvalue weighted by atomic mass is 32.2. The molecule has 3 rings (SSSR count). The number of rotatable bonds is 6. The van der Waals surface area contributed by atoms with Gasteiger partial charge in [-0.15, -0.1) is 0 Å². The fourth-order valence-electron chi connectivity index (χ4n) is 3.70. The lowest BCUT2D eigenvalue weighted by Crippen LogP contribution is -2.47. The number of benzene rings is 2. The lowest BCUT2D eigenvalue weighted by Gasteiger charge is -2.28. The Morgan fingerprint density at radius 1 is 1.14 bits per heavy atom. The molecule has 1 saturated heterocycles. The van der Waals surface area contributed by atoms with E-state index in [1.54, 1.807) is 11.8 Å². The second-order valence-corrected chi connectivity index (χ2v) is 8.80. The average molecular weight is 403 g/mol. The molecule has 1 amide bonds. The van der Waals surface area contributed by atoms with E-state index in [1.165, 1.54) is 0 Å². The maximum atomic E-state index is 12.4. The van der Waals surface area contributed by atoms with Crippen LogP contribution in [0.1, 0.15) is 18.9 Å². The third-order valence-electron chi connectivity index (χ3n) is 4.89. The third kappa shape index (κ3) is 5.11. The normalized spacial score (nSPS) is 19.6. The molecule has 0 saturated carbocycles. The third-order valence-corrected chi connectivity index (χ3v) is 5.62. The SMILES string of the molecule is CCOC(=O)N1CCC(NS(C)(=O)=O)C1Cc1cccc(-c2ccccc2)c1. The number of hydrogen-bond donors (Lipinski definition) is 1. The largest absolute Gasteiger partial charge is 0.450 e. The molecular weight excluding hydrogens is 376 g/mol. The number of nitrogens with zero attached hydrogens (tertiary/aromatic N) is 1. The Hall–Kier alpha value is -2.38. The zero-order valence-corrected chi connectivity index (χ0v) is 17.0. The van der Waals surface area contributed by atoms with Crippen molar-refractivity contribution in [1.82, 2.24) is 9.62 Å². The van der Waals surface area contributed by atoms with Crippen molar-refractivity contribution in [3.05, 3.63) is 60.2 Å². The van der Waals surface area contributed by atoms with Crippen LogP contribution >= 0.6 is 0 Å². The van der Waals surface area contributed by atoms with E-state index in [0.717, 1.165) is 22.9 Å². The van der Waals surface area contributed by atoms with Crippen LogP contribution in [0.25, 0.3) is 11.1 Å². The summed E-state index contributed by atoms with van der Waals surface area (Å²) in [5.74, 6) is 0. The van der Waals surface area contributed by atoms with Crippen LogP contribution in [0.5, 0.6) is 0 Å². The van der Waals surface area contributed by atoms with Crippen molar-refractivity contribution in [2.45, 2.75) is 31.8 Å². The van der Waals surface area contributed by atoms with Crippen LogP contribution in [-0.4, -0.2) is 50.9 Å². The highest BCUT2D eigenvalue weighted by Gasteiger charge is 2.39. The second-order valence-electron chi connectivity index (χ2n) is 7.02. The average Bonchev–Trinajstić information content (AvgIpc) is 3.03. The van der Waals surface area contributed by atoms with Crippen LogP contribution in [0.2, 0.25) is 0 Å². The Morgan fingerprint density at radius 3 is 2.54 bits per heavy atom. The van der Waals surface area contributed by atoms with Gasteiger partial charge in [0.2, 0.25) is 10.0 Å². The Balaban J connectivity index is 1.85.